The minimum atomic E-state index is -0.366. The third kappa shape index (κ3) is 6.33. The van der Waals surface area contributed by atoms with E-state index in [0.29, 0.717) is 37.1 Å². The second kappa shape index (κ2) is 12.1. The van der Waals surface area contributed by atoms with E-state index in [-0.39, 0.29) is 53.5 Å². The van der Waals surface area contributed by atoms with Gasteiger partial charge in [0.05, 0.1) is 12.0 Å². The van der Waals surface area contributed by atoms with Crippen LogP contribution in [0.1, 0.15) is 71.3 Å². The Morgan fingerprint density at radius 2 is 1.63 bits per heavy atom. The summed E-state index contributed by atoms with van der Waals surface area (Å²) in [6, 6.07) is 7.88. The minimum Gasteiger partial charge on any atom is -0.369 e. The van der Waals surface area contributed by atoms with Crippen LogP contribution in [0.15, 0.2) is 29.3 Å². The first kappa shape index (κ1) is 28.4. The van der Waals surface area contributed by atoms with Gasteiger partial charge in [-0.15, -0.1) is 0 Å². The molecular formula is C29H42ClN5O3. The number of halogens is 1. The molecule has 2 N–H and O–H groups in total. The standard InChI is InChI=1S/C29H42ClN5O3/c1-18(2)27(37)35(23-11-5-19(3)6-12-23)24-13-14-33(15-24)28(38)26-17-34(29(31)32-20(4)36)16-25(26)21-7-9-22(30)10-8-21/h7-10,18-19,23-26H,5-6,11-17H2,1-4H3,(H2,31,32,36). The van der Waals surface area contributed by atoms with E-state index in [4.69, 9.17) is 17.3 Å². The summed E-state index contributed by atoms with van der Waals surface area (Å²) in [5, 5.41) is 0.638. The van der Waals surface area contributed by atoms with E-state index in [9.17, 15) is 14.4 Å². The Morgan fingerprint density at radius 3 is 2.24 bits per heavy atom. The molecule has 2 heterocycles. The average Bonchev–Trinajstić information content (AvgIpc) is 3.53. The maximum absolute atomic E-state index is 14.0. The number of amides is 3. The summed E-state index contributed by atoms with van der Waals surface area (Å²) in [7, 11) is 0. The van der Waals surface area contributed by atoms with Crippen molar-refractivity contribution < 1.29 is 14.4 Å². The molecule has 0 radical (unpaired) electrons. The van der Waals surface area contributed by atoms with Crippen molar-refractivity contribution >= 4 is 35.3 Å². The van der Waals surface area contributed by atoms with Gasteiger partial charge in [0.25, 0.3) is 0 Å². The Balaban J connectivity index is 1.53. The van der Waals surface area contributed by atoms with Gasteiger partial charge in [-0.1, -0.05) is 44.5 Å². The number of guanidine groups is 1. The van der Waals surface area contributed by atoms with Gasteiger partial charge in [-0.25, -0.2) is 0 Å². The molecule has 1 aliphatic carbocycles. The molecule has 1 saturated carbocycles. The molecule has 3 unspecified atom stereocenters. The second-order valence-corrected chi connectivity index (χ2v) is 12.1. The molecule has 3 amide bonds. The van der Waals surface area contributed by atoms with Crippen LogP contribution >= 0.6 is 11.6 Å². The maximum atomic E-state index is 14.0. The largest absolute Gasteiger partial charge is 0.369 e. The number of nitrogens with two attached hydrogens (primary N) is 1. The molecule has 4 rings (SSSR count). The quantitative estimate of drug-likeness (QED) is 0.449. The minimum absolute atomic E-state index is 0.0445. The van der Waals surface area contributed by atoms with E-state index >= 15 is 0 Å². The van der Waals surface area contributed by atoms with Gasteiger partial charge >= 0.3 is 0 Å². The molecule has 1 aromatic carbocycles. The highest BCUT2D eigenvalue weighted by molar-refractivity contribution is 6.30. The number of hydrogen-bond acceptors (Lipinski definition) is 3. The third-order valence-corrected chi connectivity index (χ3v) is 8.78. The normalized spacial score (nSPS) is 28.2. The summed E-state index contributed by atoms with van der Waals surface area (Å²) in [6.07, 6.45) is 5.16. The molecule has 38 heavy (non-hydrogen) atoms. The van der Waals surface area contributed by atoms with Crippen molar-refractivity contribution in [2.45, 2.75) is 77.8 Å². The van der Waals surface area contributed by atoms with E-state index in [1.54, 1.807) is 0 Å². The number of nitrogens with zero attached hydrogens (tertiary/aromatic N) is 4. The van der Waals surface area contributed by atoms with Crippen molar-refractivity contribution in [3.8, 4) is 0 Å². The Kier molecular flexibility index (Phi) is 9.01. The molecule has 3 aliphatic rings. The zero-order valence-corrected chi connectivity index (χ0v) is 23.9. The first-order valence-corrected chi connectivity index (χ1v) is 14.4. The van der Waals surface area contributed by atoms with Crippen LogP contribution in [0.5, 0.6) is 0 Å². The Labute approximate surface area is 231 Å². The lowest BCUT2D eigenvalue weighted by Gasteiger charge is -2.41. The number of benzene rings is 1. The van der Waals surface area contributed by atoms with Gasteiger partial charge in [0.15, 0.2) is 5.96 Å². The number of hydrogen-bond donors (Lipinski definition) is 1. The number of likely N-dealkylation sites (tertiary alicyclic amines) is 2. The highest BCUT2D eigenvalue weighted by Crippen LogP contribution is 2.36. The fraction of sp³-hybridized carbons (Fsp3) is 0.655. The van der Waals surface area contributed by atoms with Crippen LogP contribution in [0, 0.1) is 17.8 Å². The molecule has 0 aromatic heterocycles. The van der Waals surface area contributed by atoms with E-state index in [0.717, 1.165) is 37.7 Å². The Bertz CT molecular complexity index is 1050. The van der Waals surface area contributed by atoms with Crippen LogP contribution in [0.3, 0.4) is 0 Å². The molecule has 208 valence electrons. The number of carbonyl (C=O) groups is 3. The first-order chi connectivity index (χ1) is 18.0. The van der Waals surface area contributed by atoms with E-state index < -0.39 is 0 Å². The van der Waals surface area contributed by atoms with Crippen molar-refractivity contribution in [3.63, 3.8) is 0 Å². The molecular weight excluding hydrogens is 502 g/mol. The van der Waals surface area contributed by atoms with Crippen LogP contribution in [-0.2, 0) is 14.4 Å². The lowest BCUT2D eigenvalue weighted by Crippen LogP contribution is -2.51. The molecule has 0 spiro atoms. The monoisotopic (exact) mass is 543 g/mol. The van der Waals surface area contributed by atoms with Crippen LogP contribution in [0.4, 0.5) is 0 Å². The third-order valence-electron chi connectivity index (χ3n) is 8.53. The maximum Gasteiger partial charge on any atom is 0.245 e. The smallest absolute Gasteiger partial charge is 0.245 e. The van der Waals surface area contributed by atoms with Crippen LogP contribution < -0.4 is 5.73 Å². The van der Waals surface area contributed by atoms with Gasteiger partial charge in [0.2, 0.25) is 17.7 Å². The van der Waals surface area contributed by atoms with Crippen LogP contribution in [-0.4, -0.2) is 76.6 Å². The average molecular weight is 544 g/mol. The van der Waals surface area contributed by atoms with Gasteiger partial charge in [-0.05, 0) is 55.7 Å². The predicted octanol–water partition coefficient (Wildman–Crippen LogP) is 3.88. The summed E-state index contributed by atoms with van der Waals surface area (Å²) >= 11 is 6.13. The molecule has 8 nitrogen and oxygen atoms in total. The van der Waals surface area contributed by atoms with Crippen molar-refractivity contribution in [2.24, 2.45) is 28.5 Å². The highest BCUT2D eigenvalue weighted by Gasteiger charge is 2.44. The zero-order chi connectivity index (χ0) is 27.6. The van der Waals surface area contributed by atoms with Crippen molar-refractivity contribution in [1.82, 2.24) is 14.7 Å². The van der Waals surface area contributed by atoms with Crippen molar-refractivity contribution in [3.05, 3.63) is 34.9 Å². The molecule has 9 heteroatoms. The second-order valence-electron chi connectivity index (χ2n) is 11.7. The Hall–Kier alpha value is -2.61. The molecule has 1 aromatic rings. The van der Waals surface area contributed by atoms with E-state index in [1.807, 2.05) is 47.9 Å². The van der Waals surface area contributed by atoms with Crippen LogP contribution in [0.2, 0.25) is 5.02 Å². The van der Waals surface area contributed by atoms with Gasteiger partial charge in [-0.2, -0.15) is 4.99 Å². The van der Waals surface area contributed by atoms with Crippen LogP contribution in [0.25, 0.3) is 0 Å². The molecule has 3 fully saturated rings. The number of rotatable bonds is 5. The molecule has 3 atom stereocenters. The first-order valence-electron chi connectivity index (χ1n) is 14.0. The summed E-state index contributed by atoms with van der Waals surface area (Å²) in [5.41, 5.74) is 7.15. The number of aliphatic imine (C=N–C) groups is 1. The topological polar surface area (TPSA) is 99.3 Å². The highest BCUT2D eigenvalue weighted by atomic mass is 35.5. The lowest BCUT2D eigenvalue weighted by atomic mass is 9.85. The van der Waals surface area contributed by atoms with Gasteiger partial charge in [0, 0.05) is 56.0 Å². The summed E-state index contributed by atoms with van der Waals surface area (Å²) in [5.74, 6) is 0.246. The molecule has 0 bridgehead atoms. The lowest BCUT2D eigenvalue weighted by molar-refractivity contribution is -0.142. The summed E-state index contributed by atoms with van der Waals surface area (Å²) in [6.45, 7) is 9.67. The zero-order valence-electron chi connectivity index (χ0n) is 23.1. The van der Waals surface area contributed by atoms with Gasteiger partial charge < -0.3 is 20.4 Å². The fourth-order valence-corrected chi connectivity index (χ4v) is 6.53. The fourth-order valence-electron chi connectivity index (χ4n) is 6.40. The SMILES string of the molecule is CC(=O)N=C(N)N1CC(C(=O)N2CCC(N(C(=O)C(C)C)C3CCC(C)CC3)C2)C(c2ccc(Cl)cc2)C1. The summed E-state index contributed by atoms with van der Waals surface area (Å²) in [4.78, 5) is 48.7. The van der Waals surface area contributed by atoms with Crippen molar-refractivity contribution in [1.29, 1.82) is 0 Å². The number of carbonyl (C=O) groups excluding carboxylic acids is 3. The summed E-state index contributed by atoms with van der Waals surface area (Å²) < 4.78 is 0. The van der Waals surface area contributed by atoms with E-state index in [2.05, 4.69) is 16.8 Å². The van der Waals surface area contributed by atoms with Crippen molar-refractivity contribution in [2.75, 3.05) is 26.2 Å². The van der Waals surface area contributed by atoms with Gasteiger partial charge in [0.1, 0.15) is 0 Å². The molecule has 2 saturated heterocycles. The predicted molar refractivity (Wildman–Crippen MR) is 150 cm³/mol. The molecule has 2 aliphatic heterocycles. The van der Waals surface area contributed by atoms with E-state index in [1.165, 1.54) is 6.92 Å². The Morgan fingerprint density at radius 1 is 0.974 bits per heavy atom. The van der Waals surface area contributed by atoms with Gasteiger partial charge in [-0.3, -0.25) is 14.4 Å².